The highest BCUT2D eigenvalue weighted by molar-refractivity contribution is 5.77. The van der Waals surface area contributed by atoms with E-state index in [1.165, 1.54) is 24.6 Å². The molecule has 1 unspecified atom stereocenters. The third kappa shape index (κ3) is 1.54. The summed E-state index contributed by atoms with van der Waals surface area (Å²) in [6.07, 6.45) is 4.01. The lowest BCUT2D eigenvalue weighted by atomic mass is 9.79. The highest BCUT2D eigenvalue weighted by Crippen LogP contribution is 2.38. The average Bonchev–Trinajstić information content (AvgIpc) is 2.66. The summed E-state index contributed by atoms with van der Waals surface area (Å²) in [6, 6.07) is 10.8. The van der Waals surface area contributed by atoms with Gasteiger partial charge in [0, 0.05) is 5.39 Å². The maximum absolute atomic E-state index is 5.92. The van der Waals surface area contributed by atoms with Crippen LogP contribution in [-0.2, 0) is 0 Å². The molecule has 84 valence electrons. The van der Waals surface area contributed by atoms with Gasteiger partial charge in [-0.2, -0.15) is 0 Å². The molecule has 1 aliphatic carbocycles. The van der Waals surface area contributed by atoms with E-state index in [0.29, 0.717) is 6.04 Å². The fourth-order valence-corrected chi connectivity index (χ4v) is 2.54. The Kier molecular flexibility index (Phi) is 2.44. The van der Waals surface area contributed by atoms with Crippen LogP contribution in [0.5, 0.6) is 0 Å². The van der Waals surface area contributed by atoms with Crippen molar-refractivity contribution in [3.8, 4) is 0 Å². The van der Waals surface area contributed by atoms with Crippen molar-refractivity contribution >= 4 is 11.0 Å². The fourth-order valence-electron chi connectivity index (χ4n) is 2.54. The molecule has 0 saturated heterocycles. The second kappa shape index (κ2) is 3.95. The van der Waals surface area contributed by atoms with Crippen molar-refractivity contribution in [2.45, 2.75) is 25.3 Å². The number of nitrogens with one attached hydrogen (secondary N) is 1. The van der Waals surface area contributed by atoms with Gasteiger partial charge < -0.3 is 9.73 Å². The molecule has 1 aromatic heterocycles. The lowest BCUT2D eigenvalue weighted by Crippen LogP contribution is -2.29. The molecule has 0 radical (unpaired) electrons. The second-order valence-corrected chi connectivity index (χ2v) is 4.64. The van der Waals surface area contributed by atoms with Crippen LogP contribution in [0.4, 0.5) is 0 Å². The first kappa shape index (κ1) is 9.91. The highest BCUT2D eigenvalue weighted by Gasteiger charge is 2.29. The molecule has 1 aromatic carbocycles. The first-order valence-corrected chi connectivity index (χ1v) is 6.04. The molecule has 1 aliphatic rings. The zero-order chi connectivity index (χ0) is 11.0. The number of hydrogen-bond donors (Lipinski definition) is 1. The van der Waals surface area contributed by atoms with E-state index in [0.717, 1.165) is 17.3 Å². The number of para-hydroxylation sites is 1. The Labute approximate surface area is 95.6 Å². The zero-order valence-electron chi connectivity index (χ0n) is 9.57. The van der Waals surface area contributed by atoms with Gasteiger partial charge in [-0.1, -0.05) is 24.6 Å². The highest BCUT2D eigenvalue weighted by atomic mass is 16.3. The summed E-state index contributed by atoms with van der Waals surface area (Å²) in [5.41, 5.74) is 0.997. The Morgan fingerprint density at radius 1 is 1.31 bits per heavy atom. The zero-order valence-corrected chi connectivity index (χ0v) is 9.57. The molecule has 0 aliphatic heterocycles. The normalized spacial score (nSPS) is 18.6. The van der Waals surface area contributed by atoms with Crippen LogP contribution >= 0.6 is 0 Å². The van der Waals surface area contributed by atoms with Crippen molar-refractivity contribution in [2.24, 2.45) is 5.92 Å². The van der Waals surface area contributed by atoms with Crippen LogP contribution in [-0.4, -0.2) is 7.05 Å². The molecule has 0 bridgehead atoms. The molecule has 1 atom stereocenters. The van der Waals surface area contributed by atoms with Crippen LogP contribution in [0.2, 0.25) is 0 Å². The lowest BCUT2D eigenvalue weighted by molar-refractivity contribution is 0.218. The van der Waals surface area contributed by atoms with Gasteiger partial charge in [0.25, 0.3) is 0 Å². The van der Waals surface area contributed by atoms with Crippen molar-refractivity contribution in [1.82, 2.24) is 5.32 Å². The maximum Gasteiger partial charge on any atom is 0.134 e. The minimum Gasteiger partial charge on any atom is -0.459 e. The summed E-state index contributed by atoms with van der Waals surface area (Å²) in [5, 5.41) is 4.59. The predicted molar refractivity (Wildman–Crippen MR) is 65.4 cm³/mol. The minimum absolute atomic E-state index is 0.390. The van der Waals surface area contributed by atoms with Crippen molar-refractivity contribution in [3.05, 3.63) is 36.1 Å². The van der Waals surface area contributed by atoms with Crippen LogP contribution in [0.15, 0.2) is 34.7 Å². The molecule has 0 amide bonds. The molecule has 2 heteroatoms. The Bertz CT molecular complexity index is 451. The van der Waals surface area contributed by atoms with Gasteiger partial charge in [0.15, 0.2) is 0 Å². The summed E-state index contributed by atoms with van der Waals surface area (Å²) in [7, 11) is 2.02. The van der Waals surface area contributed by atoms with Crippen LogP contribution in [0, 0.1) is 5.92 Å². The Hall–Kier alpha value is -1.28. The second-order valence-electron chi connectivity index (χ2n) is 4.64. The molecule has 1 heterocycles. The molecule has 0 spiro atoms. The molecule has 1 N–H and O–H groups in total. The van der Waals surface area contributed by atoms with E-state index in [9.17, 15) is 0 Å². The number of fused-ring (bicyclic) bond motifs is 1. The molecule has 16 heavy (non-hydrogen) atoms. The number of rotatable bonds is 3. The summed E-state index contributed by atoms with van der Waals surface area (Å²) in [4.78, 5) is 0. The molecular weight excluding hydrogens is 198 g/mol. The number of furan rings is 1. The van der Waals surface area contributed by atoms with Gasteiger partial charge in [-0.15, -0.1) is 0 Å². The fraction of sp³-hybridized carbons (Fsp3) is 0.429. The quantitative estimate of drug-likeness (QED) is 0.847. The van der Waals surface area contributed by atoms with Crippen molar-refractivity contribution in [1.29, 1.82) is 0 Å². The minimum atomic E-state index is 0.390. The predicted octanol–water partition coefficient (Wildman–Crippen LogP) is 3.49. The van der Waals surface area contributed by atoms with Gasteiger partial charge in [0.05, 0.1) is 6.04 Å². The van der Waals surface area contributed by atoms with E-state index in [2.05, 4.69) is 23.5 Å². The van der Waals surface area contributed by atoms with Gasteiger partial charge in [0.1, 0.15) is 11.3 Å². The Morgan fingerprint density at radius 2 is 2.12 bits per heavy atom. The van der Waals surface area contributed by atoms with E-state index in [1.54, 1.807) is 0 Å². The summed E-state index contributed by atoms with van der Waals surface area (Å²) < 4.78 is 5.92. The van der Waals surface area contributed by atoms with Crippen LogP contribution in [0.1, 0.15) is 31.1 Å². The van der Waals surface area contributed by atoms with E-state index < -0.39 is 0 Å². The van der Waals surface area contributed by atoms with Crippen LogP contribution in [0.25, 0.3) is 11.0 Å². The molecule has 2 aromatic rings. The monoisotopic (exact) mass is 215 g/mol. The molecular formula is C14H17NO. The van der Waals surface area contributed by atoms with Crippen molar-refractivity contribution in [3.63, 3.8) is 0 Å². The lowest BCUT2D eigenvalue weighted by Gasteiger charge is -2.32. The Morgan fingerprint density at radius 3 is 2.75 bits per heavy atom. The van der Waals surface area contributed by atoms with E-state index in [1.807, 2.05) is 19.2 Å². The van der Waals surface area contributed by atoms with Crippen LogP contribution in [0.3, 0.4) is 0 Å². The van der Waals surface area contributed by atoms with Crippen LogP contribution < -0.4 is 5.32 Å². The van der Waals surface area contributed by atoms with Crippen molar-refractivity contribution < 1.29 is 4.42 Å². The largest absolute Gasteiger partial charge is 0.459 e. The smallest absolute Gasteiger partial charge is 0.134 e. The summed E-state index contributed by atoms with van der Waals surface area (Å²) >= 11 is 0. The maximum atomic E-state index is 5.92. The van der Waals surface area contributed by atoms with Crippen molar-refractivity contribution in [2.75, 3.05) is 7.05 Å². The number of benzene rings is 1. The molecule has 2 nitrogen and oxygen atoms in total. The Balaban J connectivity index is 1.96. The number of hydrogen-bond acceptors (Lipinski definition) is 2. The average molecular weight is 215 g/mol. The SMILES string of the molecule is CNC(c1cc2ccccc2o1)C1CCC1. The third-order valence-corrected chi connectivity index (χ3v) is 3.68. The molecule has 3 rings (SSSR count). The summed E-state index contributed by atoms with van der Waals surface area (Å²) in [6.45, 7) is 0. The van der Waals surface area contributed by atoms with E-state index >= 15 is 0 Å². The van der Waals surface area contributed by atoms with Gasteiger partial charge >= 0.3 is 0 Å². The first-order valence-electron chi connectivity index (χ1n) is 6.04. The third-order valence-electron chi connectivity index (χ3n) is 3.68. The van der Waals surface area contributed by atoms with E-state index in [-0.39, 0.29) is 0 Å². The standard InChI is InChI=1S/C14H17NO/c1-15-14(10-6-4-7-10)13-9-11-5-2-3-8-12(11)16-13/h2-3,5,8-10,14-15H,4,6-7H2,1H3. The van der Waals surface area contributed by atoms with E-state index in [4.69, 9.17) is 4.42 Å². The summed E-state index contributed by atoms with van der Waals surface area (Å²) in [5.74, 6) is 1.85. The van der Waals surface area contributed by atoms with Gasteiger partial charge in [-0.3, -0.25) is 0 Å². The topological polar surface area (TPSA) is 25.2 Å². The first-order chi connectivity index (χ1) is 7.88. The van der Waals surface area contributed by atoms with Gasteiger partial charge in [-0.25, -0.2) is 0 Å². The molecule has 1 saturated carbocycles. The van der Waals surface area contributed by atoms with Gasteiger partial charge in [-0.05, 0) is 37.9 Å². The van der Waals surface area contributed by atoms with Gasteiger partial charge in [0.2, 0.25) is 0 Å². The molecule has 1 fully saturated rings.